The predicted octanol–water partition coefficient (Wildman–Crippen LogP) is 0.476. The molecule has 0 spiro atoms. The average molecular weight is 187 g/mol. The standard InChI is InChI=1S/C9H17NO3/c1-8(2,7(11)12)6-13-9(3)4-10-5-9/h10H,4-6H2,1-3H3,(H,11,12). The molecular formula is C9H17NO3. The van der Waals surface area contributed by atoms with E-state index < -0.39 is 11.4 Å². The van der Waals surface area contributed by atoms with Gasteiger partial charge in [0.15, 0.2) is 0 Å². The van der Waals surface area contributed by atoms with Gasteiger partial charge in [-0.2, -0.15) is 0 Å². The first-order valence-corrected chi connectivity index (χ1v) is 4.44. The summed E-state index contributed by atoms with van der Waals surface area (Å²) in [6.07, 6.45) is 0. The van der Waals surface area contributed by atoms with Crippen molar-refractivity contribution in [2.45, 2.75) is 26.4 Å². The third-order valence-corrected chi connectivity index (χ3v) is 2.36. The Labute approximate surface area is 78.3 Å². The summed E-state index contributed by atoms with van der Waals surface area (Å²) in [7, 11) is 0. The third-order valence-electron chi connectivity index (χ3n) is 2.36. The molecule has 76 valence electrons. The summed E-state index contributed by atoms with van der Waals surface area (Å²) in [4.78, 5) is 10.7. The summed E-state index contributed by atoms with van der Waals surface area (Å²) >= 11 is 0. The number of hydrogen-bond acceptors (Lipinski definition) is 3. The Hall–Kier alpha value is -0.610. The van der Waals surface area contributed by atoms with Crippen molar-refractivity contribution in [3.8, 4) is 0 Å². The van der Waals surface area contributed by atoms with E-state index in [4.69, 9.17) is 9.84 Å². The van der Waals surface area contributed by atoms with Crippen LogP contribution in [0.25, 0.3) is 0 Å². The van der Waals surface area contributed by atoms with Crippen LogP contribution in [-0.2, 0) is 9.53 Å². The van der Waals surface area contributed by atoms with E-state index in [9.17, 15) is 4.79 Å². The van der Waals surface area contributed by atoms with Gasteiger partial charge in [0.1, 0.15) is 0 Å². The fourth-order valence-electron chi connectivity index (χ4n) is 0.996. The number of carboxylic acids is 1. The van der Waals surface area contributed by atoms with Crippen LogP contribution in [0, 0.1) is 5.41 Å². The lowest BCUT2D eigenvalue weighted by atomic mass is 9.93. The second-order valence-electron chi connectivity index (χ2n) is 4.53. The molecule has 0 aromatic carbocycles. The number of rotatable bonds is 4. The maximum Gasteiger partial charge on any atom is 0.311 e. The Morgan fingerprint density at radius 3 is 2.46 bits per heavy atom. The summed E-state index contributed by atoms with van der Waals surface area (Å²) in [5.41, 5.74) is -0.953. The summed E-state index contributed by atoms with van der Waals surface area (Å²) in [5.74, 6) is -0.816. The topological polar surface area (TPSA) is 58.6 Å². The number of aliphatic carboxylic acids is 1. The van der Waals surface area contributed by atoms with Gasteiger partial charge in [-0.1, -0.05) is 0 Å². The van der Waals surface area contributed by atoms with E-state index in [-0.39, 0.29) is 12.2 Å². The van der Waals surface area contributed by atoms with Crippen molar-refractivity contribution in [1.29, 1.82) is 0 Å². The van der Waals surface area contributed by atoms with Crippen molar-refractivity contribution in [3.63, 3.8) is 0 Å². The van der Waals surface area contributed by atoms with Crippen LogP contribution in [0.4, 0.5) is 0 Å². The van der Waals surface area contributed by atoms with Gasteiger partial charge >= 0.3 is 5.97 Å². The second-order valence-corrected chi connectivity index (χ2v) is 4.53. The number of hydrogen-bond donors (Lipinski definition) is 2. The highest BCUT2D eigenvalue weighted by molar-refractivity contribution is 5.73. The first kappa shape index (κ1) is 10.5. The minimum absolute atomic E-state index is 0.160. The predicted molar refractivity (Wildman–Crippen MR) is 48.6 cm³/mol. The lowest BCUT2D eigenvalue weighted by Crippen LogP contribution is -2.59. The van der Waals surface area contributed by atoms with E-state index in [2.05, 4.69) is 5.32 Å². The highest BCUT2D eigenvalue weighted by atomic mass is 16.5. The molecule has 1 fully saturated rings. The summed E-state index contributed by atoms with van der Waals surface area (Å²) in [6.45, 7) is 7.21. The van der Waals surface area contributed by atoms with E-state index in [1.54, 1.807) is 13.8 Å². The first-order chi connectivity index (χ1) is 5.86. The van der Waals surface area contributed by atoms with E-state index >= 15 is 0 Å². The van der Waals surface area contributed by atoms with Crippen LogP contribution in [0.3, 0.4) is 0 Å². The lowest BCUT2D eigenvalue weighted by Gasteiger charge is -2.40. The molecule has 4 heteroatoms. The minimum atomic E-state index is -0.816. The number of nitrogens with one attached hydrogen (secondary N) is 1. The van der Waals surface area contributed by atoms with Crippen molar-refractivity contribution in [1.82, 2.24) is 5.32 Å². The molecule has 1 heterocycles. The van der Waals surface area contributed by atoms with E-state index in [1.165, 1.54) is 0 Å². The van der Waals surface area contributed by atoms with Gasteiger partial charge in [0.25, 0.3) is 0 Å². The Kier molecular flexibility index (Phi) is 2.63. The Bertz CT molecular complexity index is 209. The zero-order valence-corrected chi connectivity index (χ0v) is 8.39. The van der Waals surface area contributed by atoms with Crippen LogP contribution in [0.15, 0.2) is 0 Å². The summed E-state index contributed by atoms with van der Waals surface area (Å²) in [5, 5.41) is 11.9. The quantitative estimate of drug-likeness (QED) is 0.672. The maximum atomic E-state index is 10.7. The molecule has 13 heavy (non-hydrogen) atoms. The van der Waals surface area contributed by atoms with Crippen molar-refractivity contribution >= 4 is 5.97 Å². The molecule has 0 bridgehead atoms. The highest BCUT2D eigenvalue weighted by Gasteiger charge is 2.36. The molecule has 0 unspecified atom stereocenters. The Balaban J connectivity index is 2.37. The molecule has 1 rings (SSSR count). The van der Waals surface area contributed by atoms with Crippen molar-refractivity contribution in [2.75, 3.05) is 19.7 Å². The van der Waals surface area contributed by atoms with Crippen LogP contribution in [0.2, 0.25) is 0 Å². The molecule has 0 aromatic heterocycles. The molecule has 0 atom stereocenters. The Morgan fingerprint density at radius 1 is 1.62 bits per heavy atom. The molecule has 4 nitrogen and oxygen atoms in total. The molecule has 2 N–H and O–H groups in total. The fraction of sp³-hybridized carbons (Fsp3) is 0.889. The van der Waals surface area contributed by atoms with Gasteiger partial charge in [-0.25, -0.2) is 0 Å². The number of carboxylic acid groups (broad SMARTS) is 1. The van der Waals surface area contributed by atoms with Crippen LogP contribution in [-0.4, -0.2) is 36.4 Å². The second kappa shape index (κ2) is 3.27. The summed E-state index contributed by atoms with van der Waals surface area (Å²) < 4.78 is 5.55. The molecule has 1 aliphatic rings. The van der Waals surface area contributed by atoms with Crippen LogP contribution < -0.4 is 5.32 Å². The molecule has 0 amide bonds. The smallest absolute Gasteiger partial charge is 0.311 e. The van der Waals surface area contributed by atoms with Gasteiger partial charge in [-0.3, -0.25) is 4.79 Å². The molecule has 0 radical (unpaired) electrons. The van der Waals surface area contributed by atoms with E-state index in [0.29, 0.717) is 0 Å². The zero-order valence-electron chi connectivity index (χ0n) is 8.39. The van der Waals surface area contributed by atoms with Gasteiger partial charge in [0.05, 0.1) is 17.6 Å². The van der Waals surface area contributed by atoms with Crippen molar-refractivity contribution in [2.24, 2.45) is 5.41 Å². The minimum Gasteiger partial charge on any atom is -0.481 e. The number of ether oxygens (including phenoxy) is 1. The molecular weight excluding hydrogens is 170 g/mol. The highest BCUT2D eigenvalue weighted by Crippen LogP contribution is 2.22. The average Bonchev–Trinajstić information content (AvgIpc) is 1.97. The van der Waals surface area contributed by atoms with Crippen LogP contribution in [0.1, 0.15) is 20.8 Å². The van der Waals surface area contributed by atoms with Gasteiger partial charge in [0.2, 0.25) is 0 Å². The molecule has 0 saturated carbocycles. The van der Waals surface area contributed by atoms with Crippen molar-refractivity contribution in [3.05, 3.63) is 0 Å². The van der Waals surface area contributed by atoms with Gasteiger partial charge in [0, 0.05) is 13.1 Å². The molecule has 0 aromatic rings. The van der Waals surface area contributed by atoms with Gasteiger partial charge < -0.3 is 15.2 Å². The van der Waals surface area contributed by atoms with Gasteiger partial charge in [-0.05, 0) is 20.8 Å². The SMILES string of the molecule is CC1(OCC(C)(C)C(=O)O)CNC1. The summed E-state index contributed by atoms with van der Waals surface area (Å²) in [6, 6.07) is 0. The number of carbonyl (C=O) groups is 1. The molecule has 0 aliphatic carbocycles. The molecule has 1 saturated heterocycles. The monoisotopic (exact) mass is 187 g/mol. The van der Waals surface area contributed by atoms with Gasteiger partial charge in [-0.15, -0.1) is 0 Å². The van der Waals surface area contributed by atoms with E-state index in [0.717, 1.165) is 13.1 Å². The molecule has 1 aliphatic heterocycles. The lowest BCUT2D eigenvalue weighted by molar-refractivity contribution is -0.157. The van der Waals surface area contributed by atoms with E-state index in [1.807, 2.05) is 6.92 Å². The van der Waals surface area contributed by atoms with Crippen LogP contribution in [0.5, 0.6) is 0 Å². The van der Waals surface area contributed by atoms with Crippen molar-refractivity contribution < 1.29 is 14.6 Å². The largest absolute Gasteiger partial charge is 0.481 e. The fourth-order valence-corrected chi connectivity index (χ4v) is 0.996. The maximum absolute atomic E-state index is 10.7. The normalized spacial score (nSPS) is 20.8. The first-order valence-electron chi connectivity index (χ1n) is 4.44. The zero-order chi connectivity index (χ0) is 10.1. The Morgan fingerprint density at radius 2 is 2.15 bits per heavy atom. The third kappa shape index (κ3) is 2.42. The van der Waals surface area contributed by atoms with Crippen LogP contribution >= 0.6 is 0 Å².